The van der Waals surface area contributed by atoms with E-state index >= 15 is 0 Å². The highest BCUT2D eigenvalue weighted by molar-refractivity contribution is 5.89. The molecule has 1 saturated heterocycles. The number of carbonyl (C=O) groups excluding carboxylic acids is 1. The van der Waals surface area contributed by atoms with Crippen molar-refractivity contribution in [1.82, 2.24) is 4.90 Å². The second kappa shape index (κ2) is 6.26. The van der Waals surface area contributed by atoms with E-state index in [1.807, 2.05) is 24.3 Å². The summed E-state index contributed by atoms with van der Waals surface area (Å²) >= 11 is 0. The zero-order chi connectivity index (χ0) is 13.7. The topological polar surface area (TPSA) is 32.8 Å². The normalized spacial score (nSPS) is 15.6. The number of hydrogen-bond donors (Lipinski definition) is 0. The number of nitrogens with zero attached hydrogens (tertiary/aromatic N) is 2. The monoisotopic (exact) mass is 258 g/mol. The molecule has 0 unspecified atom stereocenters. The van der Waals surface area contributed by atoms with Crippen molar-refractivity contribution < 1.29 is 9.53 Å². The summed E-state index contributed by atoms with van der Waals surface area (Å²) in [5, 5.41) is 0. The van der Waals surface area contributed by atoms with E-state index in [2.05, 4.69) is 33.4 Å². The Bertz CT molecular complexity index is 491. The molecule has 0 aromatic heterocycles. The first-order valence-electron chi connectivity index (χ1n) is 6.32. The number of rotatable bonds is 1. The third-order valence-electron chi connectivity index (χ3n) is 3.23. The zero-order valence-electron chi connectivity index (χ0n) is 11.3. The molecule has 1 fully saturated rings. The van der Waals surface area contributed by atoms with E-state index in [1.54, 1.807) is 0 Å². The molecule has 0 bridgehead atoms. The van der Waals surface area contributed by atoms with E-state index in [0.717, 1.165) is 31.7 Å². The Hall–Kier alpha value is -1.99. The van der Waals surface area contributed by atoms with Crippen molar-refractivity contribution in [3.8, 4) is 11.8 Å². The first-order chi connectivity index (χ1) is 9.19. The smallest absolute Gasteiger partial charge is 0.384 e. The largest absolute Gasteiger partial charge is 0.459 e. The second-order valence-electron chi connectivity index (χ2n) is 4.58. The van der Waals surface area contributed by atoms with Gasteiger partial charge in [-0.15, -0.1) is 0 Å². The fraction of sp³-hybridized carbons (Fsp3) is 0.400. The number of anilines is 1. The van der Waals surface area contributed by atoms with Gasteiger partial charge in [0.05, 0.1) is 7.11 Å². The van der Waals surface area contributed by atoms with Crippen molar-refractivity contribution in [3.63, 3.8) is 0 Å². The molecule has 1 aliphatic rings. The summed E-state index contributed by atoms with van der Waals surface area (Å²) in [6, 6.07) is 7.96. The summed E-state index contributed by atoms with van der Waals surface area (Å²) in [7, 11) is 3.47. The van der Waals surface area contributed by atoms with Crippen molar-refractivity contribution >= 4 is 11.7 Å². The predicted molar refractivity (Wildman–Crippen MR) is 75.0 cm³/mol. The lowest BCUT2D eigenvalue weighted by Crippen LogP contribution is -2.44. The molecular formula is C15H18N2O2. The van der Waals surface area contributed by atoms with Crippen molar-refractivity contribution in [3.05, 3.63) is 29.8 Å². The highest BCUT2D eigenvalue weighted by Gasteiger charge is 2.13. The lowest BCUT2D eigenvalue weighted by atomic mass is 10.2. The summed E-state index contributed by atoms with van der Waals surface area (Å²) in [6.45, 7) is 4.27. The number of esters is 1. The summed E-state index contributed by atoms with van der Waals surface area (Å²) in [5.74, 6) is 4.69. The molecule has 0 N–H and O–H groups in total. The van der Waals surface area contributed by atoms with Crippen LogP contribution in [0.2, 0.25) is 0 Å². The summed E-state index contributed by atoms with van der Waals surface area (Å²) in [4.78, 5) is 15.6. The molecule has 1 heterocycles. The molecule has 1 aliphatic heterocycles. The number of hydrogen-bond acceptors (Lipinski definition) is 4. The summed E-state index contributed by atoms with van der Waals surface area (Å²) in [5.41, 5.74) is 2.03. The first-order valence-corrected chi connectivity index (χ1v) is 6.32. The minimum atomic E-state index is -0.511. The Labute approximate surface area is 114 Å². The van der Waals surface area contributed by atoms with E-state index in [0.29, 0.717) is 0 Å². The van der Waals surface area contributed by atoms with Crippen LogP contribution < -0.4 is 4.90 Å². The standard InChI is InChI=1S/C15H18N2O2/c1-16-9-11-17(12-10-16)14-6-3-13(4-7-14)5-8-15(18)19-2/h3-4,6-7H,9-12H2,1-2H3. The van der Waals surface area contributed by atoms with Gasteiger partial charge < -0.3 is 14.5 Å². The molecule has 4 heteroatoms. The van der Waals surface area contributed by atoms with Gasteiger partial charge in [0.1, 0.15) is 0 Å². The third kappa shape index (κ3) is 3.73. The minimum Gasteiger partial charge on any atom is -0.459 e. The summed E-state index contributed by atoms with van der Waals surface area (Å²) < 4.78 is 4.48. The van der Waals surface area contributed by atoms with E-state index in [9.17, 15) is 4.79 Å². The van der Waals surface area contributed by atoms with Crippen molar-refractivity contribution in [1.29, 1.82) is 0 Å². The van der Waals surface area contributed by atoms with Crippen LogP contribution in [-0.2, 0) is 9.53 Å². The van der Waals surface area contributed by atoms with Crippen molar-refractivity contribution in [2.24, 2.45) is 0 Å². The average molecular weight is 258 g/mol. The molecule has 0 amide bonds. The molecule has 19 heavy (non-hydrogen) atoms. The molecule has 0 aliphatic carbocycles. The van der Waals surface area contributed by atoms with Gasteiger partial charge in [-0.25, -0.2) is 4.79 Å². The second-order valence-corrected chi connectivity index (χ2v) is 4.58. The lowest BCUT2D eigenvalue weighted by Gasteiger charge is -2.34. The highest BCUT2D eigenvalue weighted by Crippen LogP contribution is 2.16. The van der Waals surface area contributed by atoms with E-state index in [-0.39, 0.29) is 0 Å². The van der Waals surface area contributed by atoms with Crippen molar-refractivity contribution in [2.45, 2.75) is 0 Å². The van der Waals surface area contributed by atoms with Gasteiger partial charge in [-0.2, -0.15) is 0 Å². The van der Waals surface area contributed by atoms with E-state index < -0.39 is 5.97 Å². The van der Waals surface area contributed by atoms with E-state index in [4.69, 9.17) is 0 Å². The number of carbonyl (C=O) groups is 1. The quantitative estimate of drug-likeness (QED) is 0.555. The maximum Gasteiger partial charge on any atom is 0.384 e. The van der Waals surface area contributed by atoms with Gasteiger partial charge in [0.2, 0.25) is 0 Å². The number of piperazine rings is 1. The number of benzene rings is 1. The molecule has 1 aromatic carbocycles. The van der Waals surface area contributed by atoms with Crippen LogP contribution in [0.5, 0.6) is 0 Å². The Balaban J connectivity index is 2.01. The Kier molecular flexibility index (Phi) is 4.43. The maximum atomic E-state index is 10.9. The van der Waals surface area contributed by atoms with Crippen molar-refractivity contribution in [2.75, 3.05) is 45.2 Å². The number of likely N-dealkylation sites (N-methyl/N-ethyl adjacent to an activating group) is 1. The molecule has 0 spiro atoms. The lowest BCUT2D eigenvalue weighted by molar-refractivity contribution is -0.133. The SMILES string of the molecule is COC(=O)C#Cc1ccc(N2CCN(C)CC2)cc1. The summed E-state index contributed by atoms with van der Waals surface area (Å²) in [6.07, 6.45) is 0. The highest BCUT2D eigenvalue weighted by atomic mass is 16.5. The van der Waals surface area contributed by atoms with Gasteiger partial charge >= 0.3 is 5.97 Å². The fourth-order valence-corrected chi connectivity index (χ4v) is 1.99. The minimum absolute atomic E-state index is 0.511. The fourth-order valence-electron chi connectivity index (χ4n) is 1.99. The molecule has 0 atom stereocenters. The van der Waals surface area contributed by atoms with Gasteiger partial charge in [-0.3, -0.25) is 0 Å². The number of methoxy groups -OCH3 is 1. The molecule has 0 radical (unpaired) electrons. The first kappa shape index (κ1) is 13.4. The zero-order valence-corrected chi connectivity index (χ0v) is 11.3. The molecule has 100 valence electrons. The van der Waals surface area contributed by atoms with Gasteiger partial charge in [-0.1, -0.05) is 5.92 Å². The molecule has 2 rings (SSSR count). The Morgan fingerprint density at radius 1 is 1.16 bits per heavy atom. The van der Waals surface area contributed by atoms with Crippen LogP contribution in [0, 0.1) is 11.8 Å². The van der Waals surface area contributed by atoms with Gasteiger partial charge in [0.15, 0.2) is 0 Å². The van der Waals surface area contributed by atoms with Crippen LogP contribution >= 0.6 is 0 Å². The van der Waals surface area contributed by atoms with Crippen LogP contribution in [-0.4, -0.2) is 51.2 Å². The van der Waals surface area contributed by atoms with Gasteiger partial charge in [0.25, 0.3) is 0 Å². The molecule has 4 nitrogen and oxygen atoms in total. The molecular weight excluding hydrogens is 240 g/mol. The average Bonchev–Trinajstić information content (AvgIpc) is 2.46. The van der Waals surface area contributed by atoms with E-state index in [1.165, 1.54) is 12.8 Å². The molecule has 0 saturated carbocycles. The van der Waals surface area contributed by atoms with Crippen LogP contribution in [0.25, 0.3) is 0 Å². The maximum absolute atomic E-state index is 10.9. The predicted octanol–water partition coefficient (Wildman–Crippen LogP) is 0.963. The van der Waals surface area contributed by atoms with Crippen LogP contribution in [0.3, 0.4) is 0 Å². The van der Waals surface area contributed by atoms with Gasteiger partial charge in [-0.05, 0) is 31.3 Å². The third-order valence-corrected chi connectivity index (χ3v) is 3.23. The van der Waals surface area contributed by atoms with Gasteiger partial charge in [0, 0.05) is 43.4 Å². The van der Waals surface area contributed by atoms with Crippen LogP contribution in [0.1, 0.15) is 5.56 Å². The Morgan fingerprint density at radius 3 is 2.37 bits per heavy atom. The number of ether oxygens (including phenoxy) is 1. The van der Waals surface area contributed by atoms with Crippen LogP contribution in [0.4, 0.5) is 5.69 Å². The molecule has 1 aromatic rings. The Morgan fingerprint density at radius 2 is 1.79 bits per heavy atom. The van der Waals surface area contributed by atoms with Crippen LogP contribution in [0.15, 0.2) is 24.3 Å².